The quantitative estimate of drug-likeness (QED) is 0.0559. The fourth-order valence-electron chi connectivity index (χ4n) is 13.7. The summed E-state index contributed by atoms with van der Waals surface area (Å²) < 4.78 is 5.73. The number of piperidine rings is 2. The second-order valence-electron chi connectivity index (χ2n) is 21.2. The maximum atomic E-state index is 13.9. The van der Waals surface area contributed by atoms with Gasteiger partial charge in [0.15, 0.2) is 0 Å². The first-order valence-electron chi connectivity index (χ1n) is 25.2. The van der Waals surface area contributed by atoms with E-state index in [1.165, 1.54) is 70.6 Å². The van der Waals surface area contributed by atoms with Crippen LogP contribution in [0.3, 0.4) is 0 Å². The Morgan fingerprint density at radius 3 is 2.45 bits per heavy atom. The lowest BCUT2D eigenvalue weighted by atomic mass is 9.62. The average Bonchev–Trinajstić information content (AvgIpc) is 3.31. The van der Waals surface area contributed by atoms with Crippen LogP contribution in [-0.2, 0) is 14.3 Å². The fourth-order valence-corrected chi connectivity index (χ4v) is 13.7. The molecule has 338 valence electrons. The molecule has 2 heterocycles. The number of nitrogens with two attached hydrogens (primary N) is 1. The molecule has 6 fully saturated rings. The summed E-state index contributed by atoms with van der Waals surface area (Å²) in [5, 5.41) is 42.1. The highest BCUT2D eigenvalue weighted by Gasteiger charge is 2.48. The number of allylic oxidation sites excluding steroid dienone is 2. The number of aliphatic hydroxyl groups excluding tert-OH is 3. The van der Waals surface area contributed by atoms with Gasteiger partial charge >= 0.3 is 0 Å². The van der Waals surface area contributed by atoms with E-state index in [-0.39, 0.29) is 47.3 Å². The summed E-state index contributed by atoms with van der Waals surface area (Å²) in [7, 11) is 1.66. The van der Waals surface area contributed by atoms with Crippen LogP contribution in [0.25, 0.3) is 0 Å². The molecule has 7 rings (SSSR count). The summed E-state index contributed by atoms with van der Waals surface area (Å²) in [5.74, 6) is 9.47. The Kier molecular flexibility index (Phi) is 17.2. The van der Waals surface area contributed by atoms with Crippen molar-refractivity contribution in [1.82, 2.24) is 10.6 Å². The number of rotatable bonds is 15. The molecular weight excluding hydrogens is 751 g/mol. The van der Waals surface area contributed by atoms with Gasteiger partial charge in [0.2, 0.25) is 0 Å². The van der Waals surface area contributed by atoms with Gasteiger partial charge in [0.05, 0.1) is 30.6 Å². The summed E-state index contributed by atoms with van der Waals surface area (Å²) in [4.78, 5) is 26.3. The molecule has 0 radical (unpaired) electrons. The molecule has 0 aromatic rings. The molecule has 14 unspecified atom stereocenters. The Labute approximate surface area is 363 Å². The third kappa shape index (κ3) is 12.1. The standard InChI is InChI=1S/C51H83N3O6/c1-60-49-30-38-19-23-47(58)43(46(57)13-7-6-12-40-28-39-17-21-42(56)32-45(39)54-51(40)25-8-3-9-26-51)22-18-35(44(38)33-48(49)59)16-20-41(55)29-36(37-24-27-53-50(52)31-37)15-14-34-10-4-2-5-11-34/h14-15,34-41,43-46,48-50,53-55,57,59H,2-13,16-17,19-21,23-33,52H2,1H3. The van der Waals surface area contributed by atoms with Gasteiger partial charge in [-0.15, -0.1) is 0 Å². The van der Waals surface area contributed by atoms with Gasteiger partial charge in [-0.25, -0.2) is 0 Å². The summed E-state index contributed by atoms with van der Waals surface area (Å²) in [6, 6.07) is 0.346. The number of hydrogen-bond donors (Lipinski definition) is 6. The molecule has 0 bridgehead atoms. The van der Waals surface area contributed by atoms with Crippen LogP contribution >= 0.6 is 0 Å². The molecule has 1 spiro atoms. The molecule has 4 saturated carbocycles. The van der Waals surface area contributed by atoms with Crippen molar-refractivity contribution in [1.29, 1.82) is 0 Å². The number of nitrogens with one attached hydrogen (secondary N) is 2. The van der Waals surface area contributed by atoms with E-state index in [1.54, 1.807) is 7.11 Å². The van der Waals surface area contributed by atoms with E-state index in [1.807, 2.05) is 0 Å². The second-order valence-corrected chi connectivity index (χ2v) is 21.2. The average molecular weight is 834 g/mol. The molecule has 2 saturated heterocycles. The predicted octanol–water partition coefficient (Wildman–Crippen LogP) is 7.53. The van der Waals surface area contributed by atoms with Crippen molar-refractivity contribution in [2.75, 3.05) is 13.7 Å². The Hall–Kier alpha value is -1.64. The molecule has 5 aliphatic carbocycles. The van der Waals surface area contributed by atoms with Gasteiger partial charge in [0.25, 0.3) is 0 Å². The number of fused-ring (bicyclic) bond motifs is 2. The van der Waals surface area contributed by atoms with Crippen LogP contribution in [0.5, 0.6) is 0 Å². The Balaban J connectivity index is 0.992. The van der Waals surface area contributed by atoms with E-state index in [0.29, 0.717) is 93.3 Å². The van der Waals surface area contributed by atoms with Crippen LogP contribution < -0.4 is 16.4 Å². The van der Waals surface area contributed by atoms with Crippen molar-refractivity contribution in [3.8, 4) is 11.8 Å². The van der Waals surface area contributed by atoms with Crippen LogP contribution in [0.1, 0.15) is 173 Å². The molecule has 9 heteroatoms. The number of ether oxygens (including phenoxy) is 1. The van der Waals surface area contributed by atoms with Gasteiger partial charge in [-0.05, 0) is 151 Å². The second kappa shape index (κ2) is 22.3. The maximum absolute atomic E-state index is 13.9. The number of aliphatic hydroxyl groups is 3. The molecule has 14 atom stereocenters. The van der Waals surface area contributed by atoms with Gasteiger partial charge in [0, 0.05) is 43.9 Å². The number of Topliss-reactive ketones (excluding diaryl/α,β-unsaturated/α-hetero) is 2. The van der Waals surface area contributed by atoms with Crippen LogP contribution in [0, 0.1) is 65.1 Å². The van der Waals surface area contributed by atoms with Gasteiger partial charge in [-0.1, -0.05) is 75.4 Å². The van der Waals surface area contributed by atoms with Crippen molar-refractivity contribution in [2.24, 2.45) is 59.0 Å². The van der Waals surface area contributed by atoms with Crippen molar-refractivity contribution < 1.29 is 29.6 Å². The number of carbonyl (C=O) groups excluding carboxylic acids is 2. The third-order valence-corrected chi connectivity index (χ3v) is 17.2. The highest BCUT2D eigenvalue weighted by Crippen LogP contribution is 2.47. The molecule has 0 amide bonds. The van der Waals surface area contributed by atoms with Crippen LogP contribution in [0.15, 0.2) is 12.2 Å². The molecule has 0 aromatic carbocycles. The van der Waals surface area contributed by atoms with E-state index in [0.717, 1.165) is 51.5 Å². The van der Waals surface area contributed by atoms with E-state index in [9.17, 15) is 24.9 Å². The van der Waals surface area contributed by atoms with Gasteiger partial charge in [0.1, 0.15) is 17.5 Å². The largest absolute Gasteiger partial charge is 0.393 e. The van der Waals surface area contributed by atoms with Crippen molar-refractivity contribution in [3.05, 3.63) is 12.2 Å². The third-order valence-electron chi connectivity index (χ3n) is 17.2. The SMILES string of the molecule is COC1CC2CCC(=O)C(C(O)CCCCC3CC4CCC(=O)CC4NC34CCCCC4)C#CC(CCC(O)CC(C=CC3CCCCC3)C3CCNC(N)C3)C2CC1O. The minimum Gasteiger partial charge on any atom is -0.393 e. The molecule has 7 N–H and O–H groups in total. The number of ketones is 2. The van der Waals surface area contributed by atoms with E-state index >= 15 is 0 Å². The zero-order chi connectivity index (χ0) is 42.1. The Bertz CT molecular complexity index is 1460. The first kappa shape index (κ1) is 46.4. The van der Waals surface area contributed by atoms with E-state index < -0.39 is 24.2 Å². The van der Waals surface area contributed by atoms with Crippen molar-refractivity contribution in [3.63, 3.8) is 0 Å². The number of hydrogen-bond acceptors (Lipinski definition) is 9. The highest BCUT2D eigenvalue weighted by molar-refractivity contribution is 5.84. The van der Waals surface area contributed by atoms with Crippen LogP contribution in [0.4, 0.5) is 0 Å². The Morgan fingerprint density at radius 1 is 0.883 bits per heavy atom. The first-order valence-corrected chi connectivity index (χ1v) is 25.2. The summed E-state index contributed by atoms with van der Waals surface area (Å²) >= 11 is 0. The van der Waals surface area contributed by atoms with Crippen LogP contribution in [-0.4, -0.2) is 82.7 Å². The van der Waals surface area contributed by atoms with Gasteiger partial charge < -0.3 is 36.4 Å². The van der Waals surface area contributed by atoms with Gasteiger partial charge in [-0.3, -0.25) is 9.59 Å². The lowest BCUT2D eigenvalue weighted by Gasteiger charge is -2.54. The molecule has 2 aliphatic heterocycles. The number of unbranched alkanes of at least 4 members (excludes halogenated alkanes) is 1. The van der Waals surface area contributed by atoms with Gasteiger partial charge in [-0.2, -0.15) is 0 Å². The topological polar surface area (TPSA) is 154 Å². The first-order chi connectivity index (χ1) is 29.1. The minimum absolute atomic E-state index is 0.00143. The zero-order valence-electron chi connectivity index (χ0n) is 37.3. The van der Waals surface area contributed by atoms with Crippen molar-refractivity contribution >= 4 is 11.6 Å². The van der Waals surface area contributed by atoms with E-state index in [4.69, 9.17) is 10.5 Å². The predicted molar refractivity (Wildman–Crippen MR) is 237 cm³/mol. The van der Waals surface area contributed by atoms with E-state index in [2.05, 4.69) is 34.6 Å². The Morgan fingerprint density at radius 2 is 1.67 bits per heavy atom. The molecule has 60 heavy (non-hydrogen) atoms. The molecular formula is C51H83N3O6. The monoisotopic (exact) mass is 834 g/mol. The lowest BCUT2D eigenvalue weighted by Crippen LogP contribution is -2.63. The number of carbonyl (C=O) groups is 2. The van der Waals surface area contributed by atoms with Crippen molar-refractivity contribution in [2.45, 2.75) is 216 Å². The summed E-state index contributed by atoms with van der Waals surface area (Å²) in [6.45, 7) is 0.913. The smallest absolute Gasteiger partial charge is 0.150 e. The fraction of sp³-hybridized carbons (Fsp3) is 0.882. The summed E-state index contributed by atoms with van der Waals surface area (Å²) in [5.41, 5.74) is 6.53. The lowest BCUT2D eigenvalue weighted by molar-refractivity contribution is -0.125. The zero-order valence-corrected chi connectivity index (χ0v) is 37.3. The minimum atomic E-state index is -0.802. The molecule has 7 aliphatic rings. The molecule has 9 nitrogen and oxygen atoms in total. The summed E-state index contributed by atoms with van der Waals surface area (Å²) in [6.07, 6.45) is 29.1. The normalized spacial score (nSPS) is 38.1. The maximum Gasteiger partial charge on any atom is 0.150 e. The molecule has 0 aromatic heterocycles. The number of methoxy groups -OCH3 is 1. The van der Waals surface area contributed by atoms with Crippen LogP contribution in [0.2, 0.25) is 0 Å². The highest BCUT2D eigenvalue weighted by atomic mass is 16.5.